The van der Waals surface area contributed by atoms with Crippen LogP contribution in [-0.4, -0.2) is 59.8 Å². The summed E-state index contributed by atoms with van der Waals surface area (Å²) in [6.07, 6.45) is 8.22. The number of hydrogen-bond donors (Lipinski definition) is 1. The summed E-state index contributed by atoms with van der Waals surface area (Å²) >= 11 is 0. The molecule has 2 saturated heterocycles. The van der Waals surface area contributed by atoms with Crippen LogP contribution in [0.4, 0.5) is 17.2 Å². The van der Waals surface area contributed by atoms with E-state index in [9.17, 15) is 9.90 Å². The third-order valence-electron chi connectivity index (χ3n) is 5.47. The van der Waals surface area contributed by atoms with Gasteiger partial charge in [0.15, 0.2) is 0 Å². The molecule has 2 aliphatic heterocycles. The lowest BCUT2D eigenvalue weighted by atomic mass is 10.0. The minimum absolute atomic E-state index is 0.436. The second-order valence-corrected chi connectivity index (χ2v) is 7.10. The van der Waals surface area contributed by atoms with Crippen molar-refractivity contribution in [3.05, 3.63) is 42.9 Å². The normalized spacial score (nSPS) is 20.6. The molecule has 4 rings (SSSR count). The Morgan fingerprint density at radius 1 is 0.963 bits per heavy atom. The summed E-state index contributed by atoms with van der Waals surface area (Å²) in [6.45, 7) is 4.46. The molecule has 142 valence electrons. The number of aromatic nitrogens is 2. The van der Waals surface area contributed by atoms with Crippen molar-refractivity contribution in [1.82, 2.24) is 9.97 Å². The van der Waals surface area contributed by atoms with E-state index in [1.165, 1.54) is 0 Å². The number of carboxylic acid groups (broad SMARTS) is 1. The third-order valence-corrected chi connectivity index (χ3v) is 5.47. The van der Waals surface area contributed by atoms with Gasteiger partial charge in [-0.25, -0.2) is 9.78 Å². The van der Waals surface area contributed by atoms with Crippen molar-refractivity contribution >= 4 is 23.2 Å². The maximum atomic E-state index is 11.5. The van der Waals surface area contributed by atoms with Gasteiger partial charge in [0.05, 0.1) is 23.8 Å². The number of carbonyl (C=O) groups is 1. The molecule has 0 spiro atoms. The molecule has 1 atom stereocenters. The van der Waals surface area contributed by atoms with Gasteiger partial charge in [-0.2, -0.15) is 0 Å². The van der Waals surface area contributed by atoms with Crippen LogP contribution in [0.5, 0.6) is 0 Å². The molecule has 2 fully saturated rings. The number of anilines is 3. The first-order valence-corrected chi connectivity index (χ1v) is 9.58. The fourth-order valence-electron chi connectivity index (χ4n) is 3.97. The van der Waals surface area contributed by atoms with E-state index >= 15 is 0 Å². The zero-order chi connectivity index (χ0) is 18.6. The van der Waals surface area contributed by atoms with Crippen LogP contribution in [0, 0.1) is 0 Å². The third kappa shape index (κ3) is 3.82. The van der Waals surface area contributed by atoms with Crippen molar-refractivity contribution in [2.24, 2.45) is 0 Å². The van der Waals surface area contributed by atoms with Crippen molar-refractivity contribution in [3.63, 3.8) is 0 Å². The van der Waals surface area contributed by atoms with Gasteiger partial charge in [-0.1, -0.05) is 0 Å². The standard InChI is InChI=1S/C20H25N5O2/c26-20(27)18-5-1-2-9-25(18)17-6-7-19(22-15-17)24-12-10-23(11-13-24)16-4-3-8-21-14-16/h3-4,6-8,14-15,18H,1-2,5,9-13H2,(H,26,27). The maximum absolute atomic E-state index is 11.5. The molecule has 0 saturated carbocycles. The summed E-state index contributed by atoms with van der Waals surface area (Å²) in [7, 11) is 0. The van der Waals surface area contributed by atoms with Gasteiger partial charge in [0.2, 0.25) is 0 Å². The lowest BCUT2D eigenvalue weighted by Crippen LogP contribution is -2.47. The van der Waals surface area contributed by atoms with Gasteiger partial charge in [-0.15, -0.1) is 0 Å². The van der Waals surface area contributed by atoms with Crippen LogP contribution in [0.1, 0.15) is 19.3 Å². The summed E-state index contributed by atoms with van der Waals surface area (Å²) in [5.41, 5.74) is 2.06. The molecule has 0 bridgehead atoms. The molecule has 1 unspecified atom stereocenters. The number of rotatable bonds is 4. The van der Waals surface area contributed by atoms with Crippen molar-refractivity contribution in [2.45, 2.75) is 25.3 Å². The van der Waals surface area contributed by atoms with Crippen molar-refractivity contribution in [3.8, 4) is 0 Å². The molecule has 0 aliphatic carbocycles. The molecule has 7 nitrogen and oxygen atoms in total. The van der Waals surface area contributed by atoms with E-state index in [-0.39, 0.29) is 0 Å². The number of aliphatic carboxylic acids is 1. The Kier molecular flexibility index (Phi) is 5.09. The molecular formula is C20H25N5O2. The number of piperidine rings is 1. The average Bonchev–Trinajstić information content (AvgIpc) is 2.75. The zero-order valence-corrected chi connectivity index (χ0v) is 15.4. The number of carboxylic acids is 1. The Morgan fingerprint density at radius 3 is 2.44 bits per heavy atom. The Labute approximate surface area is 159 Å². The first kappa shape index (κ1) is 17.6. The molecule has 0 radical (unpaired) electrons. The Hall–Kier alpha value is -2.83. The predicted molar refractivity (Wildman–Crippen MR) is 106 cm³/mol. The van der Waals surface area contributed by atoms with Gasteiger partial charge in [0.1, 0.15) is 11.9 Å². The molecule has 0 amide bonds. The van der Waals surface area contributed by atoms with Crippen LogP contribution in [-0.2, 0) is 4.79 Å². The summed E-state index contributed by atoms with van der Waals surface area (Å²) in [5.74, 6) is 0.207. The van der Waals surface area contributed by atoms with Crippen LogP contribution in [0.25, 0.3) is 0 Å². The molecule has 2 aromatic heterocycles. The monoisotopic (exact) mass is 367 g/mol. The van der Waals surface area contributed by atoms with Crippen LogP contribution in [0.15, 0.2) is 42.9 Å². The molecule has 4 heterocycles. The number of hydrogen-bond acceptors (Lipinski definition) is 6. The molecule has 1 N–H and O–H groups in total. The summed E-state index contributed by atoms with van der Waals surface area (Å²) in [4.78, 5) is 26.9. The largest absolute Gasteiger partial charge is 0.480 e. The second kappa shape index (κ2) is 7.82. The van der Waals surface area contributed by atoms with Crippen molar-refractivity contribution in [2.75, 3.05) is 47.4 Å². The lowest BCUT2D eigenvalue weighted by molar-refractivity contribution is -0.139. The maximum Gasteiger partial charge on any atom is 0.326 e. The quantitative estimate of drug-likeness (QED) is 0.888. The van der Waals surface area contributed by atoms with Crippen LogP contribution >= 0.6 is 0 Å². The summed E-state index contributed by atoms with van der Waals surface area (Å²) in [5, 5.41) is 9.47. The van der Waals surface area contributed by atoms with Gasteiger partial charge in [-0.05, 0) is 43.5 Å². The molecule has 2 aliphatic rings. The van der Waals surface area contributed by atoms with Crippen molar-refractivity contribution in [1.29, 1.82) is 0 Å². The van der Waals surface area contributed by atoms with E-state index < -0.39 is 12.0 Å². The minimum atomic E-state index is -0.745. The van der Waals surface area contributed by atoms with E-state index in [0.717, 1.165) is 62.8 Å². The molecule has 27 heavy (non-hydrogen) atoms. The second-order valence-electron chi connectivity index (χ2n) is 7.10. The topological polar surface area (TPSA) is 72.8 Å². The van der Waals surface area contributed by atoms with E-state index in [4.69, 9.17) is 0 Å². The molecular weight excluding hydrogens is 342 g/mol. The number of piperazine rings is 1. The number of nitrogens with zero attached hydrogens (tertiary/aromatic N) is 5. The van der Waals surface area contributed by atoms with Crippen LogP contribution in [0.2, 0.25) is 0 Å². The lowest BCUT2D eigenvalue weighted by Gasteiger charge is -2.37. The van der Waals surface area contributed by atoms with E-state index in [1.54, 1.807) is 6.20 Å². The average molecular weight is 367 g/mol. The highest BCUT2D eigenvalue weighted by Gasteiger charge is 2.29. The minimum Gasteiger partial charge on any atom is -0.480 e. The smallest absolute Gasteiger partial charge is 0.326 e. The van der Waals surface area contributed by atoms with Gasteiger partial charge in [0, 0.05) is 38.9 Å². The van der Waals surface area contributed by atoms with E-state index in [0.29, 0.717) is 6.42 Å². The predicted octanol–water partition coefficient (Wildman–Crippen LogP) is 2.25. The Balaban J connectivity index is 1.40. The summed E-state index contributed by atoms with van der Waals surface area (Å²) in [6, 6.07) is 7.65. The Morgan fingerprint density at radius 2 is 1.78 bits per heavy atom. The number of pyridine rings is 2. The van der Waals surface area contributed by atoms with E-state index in [1.807, 2.05) is 35.5 Å². The highest BCUT2D eigenvalue weighted by Crippen LogP contribution is 2.26. The van der Waals surface area contributed by atoms with E-state index in [2.05, 4.69) is 25.8 Å². The molecule has 2 aromatic rings. The van der Waals surface area contributed by atoms with Gasteiger partial charge < -0.3 is 19.8 Å². The van der Waals surface area contributed by atoms with Gasteiger partial charge in [0.25, 0.3) is 0 Å². The van der Waals surface area contributed by atoms with Crippen LogP contribution in [0.3, 0.4) is 0 Å². The summed E-state index contributed by atoms with van der Waals surface area (Å²) < 4.78 is 0. The SMILES string of the molecule is O=C(O)C1CCCCN1c1ccc(N2CCN(c3cccnc3)CC2)nc1. The Bertz CT molecular complexity index is 760. The van der Waals surface area contributed by atoms with Gasteiger partial charge in [-0.3, -0.25) is 4.98 Å². The molecule has 0 aromatic carbocycles. The highest BCUT2D eigenvalue weighted by atomic mass is 16.4. The first-order valence-electron chi connectivity index (χ1n) is 9.58. The van der Waals surface area contributed by atoms with Crippen LogP contribution < -0.4 is 14.7 Å². The fraction of sp³-hybridized carbons (Fsp3) is 0.450. The zero-order valence-electron chi connectivity index (χ0n) is 15.4. The fourth-order valence-corrected chi connectivity index (χ4v) is 3.97. The first-order chi connectivity index (χ1) is 13.2. The highest BCUT2D eigenvalue weighted by molar-refractivity contribution is 5.78. The van der Waals surface area contributed by atoms with Gasteiger partial charge >= 0.3 is 5.97 Å². The van der Waals surface area contributed by atoms with Crippen molar-refractivity contribution < 1.29 is 9.90 Å². The molecule has 7 heteroatoms.